The number of nitrogens with one attached hydrogen (secondary N) is 3. The van der Waals surface area contributed by atoms with Crippen LogP contribution in [0.4, 0.5) is 17.1 Å². The second kappa shape index (κ2) is 14.4. The normalized spacial score (nSPS) is 11.7. The first-order chi connectivity index (χ1) is 20.6. The van der Waals surface area contributed by atoms with Gasteiger partial charge in [-0.05, 0) is 73.5 Å². The number of hydrogen-bond donors (Lipinski definition) is 3. The summed E-state index contributed by atoms with van der Waals surface area (Å²) in [4.78, 5) is 50.5. The Hall–Kier alpha value is -4.74. The Morgan fingerprint density at radius 3 is 2.33 bits per heavy atom. The highest BCUT2D eigenvalue weighted by Gasteiger charge is 2.19. The summed E-state index contributed by atoms with van der Waals surface area (Å²) in [5, 5.41) is 18.9. The van der Waals surface area contributed by atoms with Crippen molar-refractivity contribution in [2.24, 2.45) is 0 Å². The molecule has 0 heterocycles. The maximum atomic E-state index is 13.4. The Kier molecular flexibility index (Phi) is 10.5. The van der Waals surface area contributed by atoms with Crippen LogP contribution in [-0.2, 0) is 9.59 Å². The molecule has 0 aliphatic rings. The minimum atomic E-state index is -0.553. The first-order valence-electron chi connectivity index (χ1n) is 13.1. The van der Waals surface area contributed by atoms with Crippen molar-refractivity contribution in [2.75, 3.05) is 10.6 Å². The average Bonchev–Trinajstić information content (AvgIpc) is 2.99. The van der Waals surface area contributed by atoms with Crippen LogP contribution in [0.15, 0.2) is 112 Å². The lowest BCUT2D eigenvalue weighted by atomic mass is 10.1. The van der Waals surface area contributed by atoms with Crippen molar-refractivity contribution in [2.45, 2.75) is 24.0 Å². The predicted octanol–water partition coefficient (Wildman–Crippen LogP) is 7.19. The molecule has 4 aromatic carbocycles. The number of rotatable bonds is 10. The van der Waals surface area contributed by atoms with E-state index in [9.17, 15) is 24.5 Å². The van der Waals surface area contributed by atoms with Gasteiger partial charge in [-0.3, -0.25) is 24.5 Å². The summed E-state index contributed by atoms with van der Waals surface area (Å²) in [6, 6.07) is 27.1. The Balaban J connectivity index is 1.48. The fourth-order valence-corrected chi connectivity index (χ4v) is 5.05. The number of halogens is 1. The molecular weight excluding hydrogens is 632 g/mol. The number of thioether (sulfide) groups is 1. The standard InChI is InChI=1S/C32H27BrN4O5S/c1-20-11-16-26(37(41)42)19-28(20)35-30(38)21(2)43-27-10-6-9-25(18-27)34-32(40)29(17-22-12-14-24(33)15-13-22)36-31(39)23-7-4-3-5-8-23/h3-19,21H,1-2H3,(H,34,40)(H,35,38)(H,36,39)/b29-17-. The van der Waals surface area contributed by atoms with Crippen LogP contribution in [-0.4, -0.2) is 27.9 Å². The number of nitrogens with zero attached hydrogens (tertiary/aromatic N) is 1. The highest BCUT2D eigenvalue weighted by atomic mass is 79.9. The number of non-ortho nitro benzene ring substituents is 1. The van der Waals surface area contributed by atoms with Crippen LogP contribution in [0.3, 0.4) is 0 Å². The van der Waals surface area contributed by atoms with Gasteiger partial charge in [0.15, 0.2) is 0 Å². The SMILES string of the molecule is Cc1ccc([N+](=O)[O-])cc1NC(=O)C(C)Sc1cccc(NC(=O)/C(=C/c2ccc(Br)cc2)NC(=O)c2ccccc2)c1. The summed E-state index contributed by atoms with van der Waals surface area (Å²) in [6.45, 7) is 3.47. The summed E-state index contributed by atoms with van der Waals surface area (Å²) in [5.41, 5.74) is 2.59. The molecular formula is C32H27BrN4O5S. The highest BCUT2D eigenvalue weighted by molar-refractivity contribution is 9.10. The Morgan fingerprint density at radius 1 is 0.907 bits per heavy atom. The van der Waals surface area contributed by atoms with E-state index in [2.05, 4.69) is 31.9 Å². The van der Waals surface area contributed by atoms with Crippen molar-refractivity contribution in [3.63, 3.8) is 0 Å². The minimum absolute atomic E-state index is 0.0503. The molecule has 0 saturated carbocycles. The first kappa shape index (κ1) is 31.2. The van der Waals surface area contributed by atoms with Gasteiger partial charge >= 0.3 is 0 Å². The molecule has 9 nitrogen and oxygen atoms in total. The Bertz CT molecular complexity index is 1690. The van der Waals surface area contributed by atoms with Crippen LogP contribution < -0.4 is 16.0 Å². The third-order valence-electron chi connectivity index (χ3n) is 6.17. The van der Waals surface area contributed by atoms with E-state index >= 15 is 0 Å². The fraction of sp³-hybridized carbons (Fsp3) is 0.0938. The van der Waals surface area contributed by atoms with E-state index in [1.165, 1.54) is 23.9 Å². The number of aryl methyl sites for hydroxylation is 1. The number of anilines is 2. The summed E-state index contributed by atoms with van der Waals surface area (Å²) in [5.74, 6) is -1.28. The summed E-state index contributed by atoms with van der Waals surface area (Å²) >= 11 is 4.66. The van der Waals surface area contributed by atoms with E-state index in [-0.39, 0.29) is 17.3 Å². The van der Waals surface area contributed by atoms with Gasteiger partial charge in [-0.15, -0.1) is 11.8 Å². The van der Waals surface area contributed by atoms with E-state index in [0.29, 0.717) is 33.0 Å². The maximum Gasteiger partial charge on any atom is 0.272 e. The number of carbonyl (C=O) groups excluding carboxylic acids is 3. The molecule has 11 heteroatoms. The Labute approximate surface area is 261 Å². The van der Waals surface area contributed by atoms with Crippen molar-refractivity contribution in [3.8, 4) is 0 Å². The lowest BCUT2D eigenvalue weighted by Crippen LogP contribution is -2.30. The maximum absolute atomic E-state index is 13.4. The zero-order valence-corrected chi connectivity index (χ0v) is 25.6. The smallest absolute Gasteiger partial charge is 0.272 e. The van der Waals surface area contributed by atoms with Gasteiger partial charge in [-0.2, -0.15) is 0 Å². The molecule has 0 saturated heterocycles. The zero-order valence-electron chi connectivity index (χ0n) is 23.2. The number of nitro groups is 1. The van der Waals surface area contributed by atoms with Crippen molar-refractivity contribution < 1.29 is 19.3 Å². The van der Waals surface area contributed by atoms with Gasteiger partial charge in [0.1, 0.15) is 5.70 Å². The van der Waals surface area contributed by atoms with Crippen molar-refractivity contribution >= 4 is 68.6 Å². The van der Waals surface area contributed by atoms with Crippen molar-refractivity contribution in [1.82, 2.24) is 5.32 Å². The summed E-state index contributed by atoms with van der Waals surface area (Å²) in [7, 11) is 0. The van der Waals surface area contributed by atoms with Gasteiger partial charge in [0.05, 0.1) is 15.9 Å². The van der Waals surface area contributed by atoms with Crippen LogP contribution in [0.25, 0.3) is 6.08 Å². The molecule has 4 rings (SSSR count). The molecule has 0 aromatic heterocycles. The average molecular weight is 660 g/mol. The number of benzene rings is 4. The third kappa shape index (κ3) is 8.87. The molecule has 3 N–H and O–H groups in total. The largest absolute Gasteiger partial charge is 0.325 e. The minimum Gasteiger partial charge on any atom is -0.325 e. The van der Waals surface area contributed by atoms with Gasteiger partial charge in [0.25, 0.3) is 17.5 Å². The predicted molar refractivity (Wildman–Crippen MR) is 173 cm³/mol. The first-order valence-corrected chi connectivity index (χ1v) is 14.7. The monoisotopic (exact) mass is 658 g/mol. The molecule has 218 valence electrons. The summed E-state index contributed by atoms with van der Waals surface area (Å²) in [6.07, 6.45) is 1.59. The second-order valence-electron chi connectivity index (χ2n) is 9.42. The molecule has 1 atom stereocenters. The molecule has 0 fully saturated rings. The molecule has 43 heavy (non-hydrogen) atoms. The quantitative estimate of drug-likeness (QED) is 0.0715. The fourth-order valence-electron chi connectivity index (χ4n) is 3.86. The van der Waals surface area contributed by atoms with Crippen molar-refractivity contribution in [3.05, 3.63) is 134 Å². The van der Waals surface area contributed by atoms with Gasteiger partial charge in [0.2, 0.25) is 5.91 Å². The Morgan fingerprint density at radius 2 is 1.63 bits per heavy atom. The molecule has 0 spiro atoms. The van der Waals surface area contributed by atoms with Crippen LogP contribution in [0, 0.1) is 17.0 Å². The lowest BCUT2D eigenvalue weighted by Gasteiger charge is -2.15. The van der Waals surface area contributed by atoms with E-state index in [1.54, 1.807) is 80.6 Å². The second-order valence-corrected chi connectivity index (χ2v) is 11.7. The molecule has 4 aromatic rings. The molecule has 1 unspecified atom stereocenters. The van der Waals surface area contributed by atoms with Crippen molar-refractivity contribution in [1.29, 1.82) is 0 Å². The molecule has 0 bridgehead atoms. The van der Waals surface area contributed by atoms with E-state index in [1.807, 2.05) is 24.3 Å². The van der Waals surface area contributed by atoms with Crippen LogP contribution in [0.2, 0.25) is 0 Å². The van der Waals surface area contributed by atoms with E-state index in [4.69, 9.17) is 0 Å². The van der Waals surface area contributed by atoms with Gasteiger partial charge in [-0.1, -0.05) is 58.4 Å². The number of amides is 3. The van der Waals surface area contributed by atoms with Crippen LogP contribution >= 0.6 is 27.7 Å². The van der Waals surface area contributed by atoms with Crippen LogP contribution in [0.1, 0.15) is 28.4 Å². The van der Waals surface area contributed by atoms with Gasteiger partial charge in [-0.25, -0.2) is 0 Å². The third-order valence-corrected chi connectivity index (χ3v) is 7.80. The van der Waals surface area contributed by atoms with Gasteiger partial charge < -0.3 is 16.0 Å². The number of carbonyl (C=O) groups is 3. The molecule has 0 aliphatic carbocycles. The zero-order chi connectivity index (χ0) is 30.9. The molecule has 0 radical (unpaired) electrons. The number of nitro benzene ring substituents is 1. The van der Waals surface area contributed by atoms with E-state index in [0.717, 1.165) is 4.47 Å². The lowest BCUT2D eigenvalue weighted by molar-refractivity contribution is -0.384. The topological polar surface area (TPSA) is 130 Å². The molecule has 3 amide bonds. The highest BCUT2D eigenvalue weighted by Crippen LogP contribution is 2.28. The van der Waals surface area contributed by atoms with Gasteiger partial charge in [0, 0.05) is 32.8 Å². The molecule has 0 aliphatic heterocycles. The summed E-state index contributed by atoms with van der Waals surface area (Å²) < 4.78 is 0.876. The van der Waals surface area contributed by atoms with Crippen LogP contribution in [0.5, 0.6) is 0 Å². The van der Waals surface area contributed by atoms with E-state index < -0.39 is 22.0 Å². The number of hydrogen-bond acceptors (Lipinski definition) is 6.